The molecule has 0 aliphatic carbocycles. The molecule has 2 aromatic rings. The van der Waals surface area contributed by atoms with E-state index in [4.69, 9.17) is 4.74 Å². The number of aliphatic hydroxyl groups excluding tert-OH is 1. The Balaban J connectivity index is 2.39. The quantitative estimate of drug-likeness (QED) is 0.446. The molecule has 0 saturated heterocycles. The summed E-state index contributed by atoms with van der Waals surface area (Å²) < 4.78 is 50.2. The number of alkyl halides is 2. The molecule has 0 amide bonds. The number of pyridine rings is 1. The molecule has 1 aromatic carbocycles. The first-order valence-corrected chi connectivity index (χ1v) is 10.2. The Bertz CT molecular complexity index is 988. The lowest BCUT2D eigenvalue weighted by Gasteiger charge is -2.14. The van der Waals surface area contributed by atoms with Crippen molar-refractivity contribution in [3.63, 3.8) is 0 Å². The molecule has 0 atom stereocenters. The van der Waals surface area contributed by atoms with Gasteiger partial charge in [0, 0.05) is 24.9 Å². The number of benzene rings is 1. The number of rotatable bonds is 11. The van der Waals surface area contributed by atoms with Crippen molar-refractivity contribution in [3.8, 4) is 22.8 Å². The second-order valence-corrected chi connectivity index (χ2v) is 6.82. The highest BCUT2D eigenvalue weighted by Gasteiger charge is 2.18. The summed E-state index contributed by atoms with van der Waals surface area (Å²) >= 11 is 0. The lowest BCUT2D eigenvalue weighted by atomic mass is 9.97. The van der Waals surface area contributed by atoms with Crippen LogP contribution in [0, 0.1) is 5.82 Å². The van der Waals surface area contributed by atoms with Crippen LogP contribution >= 0.6 is 0 Å². The summed E-state index contributed by atoms with van der Waals surface area (Å²) in [6.45, 7) is 0.624. The molecule has 1 N–H and O–H groups in total. The van der Waals surface area contributed by atoms with E-state index in [-0.39, 0.29) is 30.2 Å². The van der Waals surface area contributed by atoms with Crippen molar-refractivity contribution in [2.24, 2.45) is 4.99 Å². The summed E-state index contributed by atoms with van der Waals surface area (Å²) in [5.41, 5.74) is 2.08. The van der Waals surface area contributed by atoms with E-state index in [0.717, 1.165) is 18.4 Å². The molecule has 1 heterocycles. The van der Waals surface area contributed by atoms with Crippen molar-refractivity contribution in [2.45, 2.75) is 39.7 Å². The second-order valence-electron chi connectivity index (χ2n) is 6.82. The third kappa shape index (κ3) is 6.95. The Morgan fingerprint density at radius 1 is 1.28 bits per heavy atom. The smallest absolute Gasteiger partial charge is 0.388 e. The molecule has 0 radical (unpaired) electrons. The van der Waals surface area contributed by atoms with Crippen molar-refractivity contribution in [2.75, 3.05) is 13.7 Å². The van der Waals surface area contributed by atoms with Gasteiger partial charge in [0.2, 0.25) is 5.88 Å². The maximum absolute atomic E-state index is 15.5. The Labute approximate surface area is 185 Å². The van der Waals surface area contributed by atoms with Crippen LogP contribution in [0.25, 0.3) is 11.1 Å². The van der Waals surface area contributed by atoms with Gasteiger partial charge >= 0.3 is 6.61 Å². The van der Waals surface area contributed by atoms with Gasteiger partial charge in [-0.05, 0) is 42.2 Å². The minimum atomic E-state index is -3.04. The van der Waals surface area contributed by atoms with Crippen LogP contribution < -0.4 is 9.47 Å². The van der Waals surface area contributed by atoms with Gasteiger partial charge in [0.1, 0.15) is 11.6 Å². The summed E-state index contributed by atoms with van der Waals surface area (Å²) in [6.07, 6.45) is 8.51. The maximum atomic E-state index is 15.5. The molecule has 0 bridgehead atoms. The van der Waals surface area contributed by atoms with E-state index in [0.29, 0.717) is 16.8 Å². The van der Waals surface area contributed by atoms with Gasteiger partial charge in [-0.15, -0.1) is 0 Å². The van der Waals surface area contributed by atoms with Gasteiger partial charge in [-0.1, -0.05) is 31.6 Å². The van der Waals surface area contributed by atoms with E-state index >= 15 is 4.39 Å². The van der Waals surface area contributed by atoms with Gasteiger partial charge in [-0.25, -0.2) is 9.37 Å². The Kier molecular flexibility index (Phi) is 9.94. The van der Waals surface area contributed by atoms with Crippen LogP contribution in [-0.4, -0.2) is 36.6 Å². The number of hydrogen-bond acceptors (Lipinski definition) is 5. The topological polar surface area (TPSA) is 63.9 Å². The number of hydrogen-bond donors (Lipinski definition) is 1. The predicted molar refractivity (Wildman–Crippen MR) is 119 cm³/mol. The predicted octanol–water partition coefficient (Wildman–Crippen LogP) is 5.73. The van der Waals surface area contributed by atoms with E-state index in [1.165, 1.54) is 25.4 Å². The van der Waals surface area contributed by atoms with Gasteiger partial charge in [0.05, 0.1) is 25.0 Å². The Morgan fingerprint density at radius 2 is 2.06 bits per heavy atom. The molecular formula is C24H27F3N2O3. The normalized spacial score (nSPS) is 12.6. The Morgan fingerprint density at radius 3 is 2.69 bits per heavy atom. The Hall–Kier alpha value is -3.13. The lowest BCUT2D eigenvalue weighted by molar-refractivity contribution is -0.0528. The second kappa shape index (κ2) is 12.7. The van der Waals surface area contributed by atoms with Crippen LogP contribution in [-0.2, 0) is 6.42 Å². The molecule has 0 spiro atoms. The van der Waals surface area contributed by atoms with Gasteiger partial charge in [-0.2, -0.15) is 8.78 Å². The van der Waals surface area contributed by atoms with Gasteiger partial charge in [0.25, 0.3) is 0 Å². The van der Waals surface area contributed by atoms with E-state index < -0.39 is 12.4 Å². The molecule has 0 fully saturated rings. The van der Waals surface area contributed by atoms with Crippen LogP contribution in [0.3, 0.4) is 0 Å². The maximum Gasteiger partial charge on any atom is 0.388 e. The van der Waals surface area contributed by atoms with Gasteiger partial charge in [-0.3, -0.25) is 4.99 Å². The summed E-state index contributed by atoms with van der Waals surface area (Å²) in [7, 11) is 1.40. The fourth-order valence-electron chi connectivity index (χ4n) is 2.97. The van der Waals surface area contributed by atoms with Crippen LogP contribution in [0.15, 0.2) is 58.9 Å². The fraction of sp³-hybridized carbons (Fsp3) is 0.333. The van der Waals surface area contributed by atoms with Crippen LogP contribution in [0.1, 0.15) is 32.3 Å². The van der Waals surface area contributed by atoms with Crippen molar-refractivity contribution < 1.29 is 27.8 Å². The molecule has 0 saturated carbocycles. The molecular weight excluding hydrogens is 421 g/mol. The first kappa shape index (κ1) is 25.1. The number of halogens is 3. The third-order valence-electron chi connectivity index (χ3n) is 4.63. The zero-order chi connectivity index (χ0) is 23.5. The molecule has 8 heteroatoms. The van der Waals surface area contributed by atoms with E-state index in [9.17, 15) is 13.9 Å². The summed E-state index contributed by atoms with van der Waals surface area (Å²) in [6, 6.07) is 5.95. The van der Waals surface area contributed by atoms with Crippen molar-refractivity contribution in [1.82, 2.24) is 4.98 Å². The number of methoxy groups -OCH3 is 1. The fourth-order valence-corrected chi connectivity index (χ4v) is 2.97. The van der Waals surface area contributed by atoms with Crippen LogP contribution in [0.2, 0.25) is 0 Å². The van der Waals surface area contributed by atoms with E-state index in [1.54, 1.807) is 18.3 Å². The standard InChI is InChI=1S/C24H27F3N2O3/c1-4-6-7-19(15-30)29-14-16(5-2)12-18-8-9-20(31-3)22(23(18)25)17-10-11-28-21(13-17)32-24(26)27/h5,7-11,13-14,24,30H,4,6,12,15H2,1-3H3/b16-5-,19-7+,29-14+. The highest BCUT2D eigenvalue weighted by molar-refractivity contribution is 5.80. The summed E-state index contributed by atoms with van der Waals surface area (Å²) in [5.74, 6) is -0.613. The van der Waals surface area contributed by atoms with Crippen molar-refractivity contribution in [3.05, 3.63) is 65.3 Å². The zero-order valence-electron chi connectivity index (χ0n) is 18.3. The largest absolute Gasteiger partial charge is 0.496 e. The van der Waals surface area contributed by atoms with Gasteiger partial charge < -0.3 is 14.6 Å². The number of ether oxygens (including phenoxy) is 2. The van der Waals surface area contributed by atoms with E-state index in [2.05, 4.69) is 14.7 Å². The number of aliphatic imine (C=N–C) groups is 1. The molecule has 0 aliphatic rings. The van der Waals surface area contributed by atoms with Crippen LogP contribution in [0.4, 0.5) is 13.2 Å². The molecule has 1 aromatic heterocycles. The molecule has 0 unspecified atom stereocenters. The van der Waals surface area contributed by atoms with Crippen LogP contribution in [0.5, 0.6) is 11.6 Å². The van der Waals surface area contributed by atoms with Crippen molar-refractivity contribution in [1.29, 1.82) is 0 Å². The summed E-state index contributed by atoms with van der Waals surface area (Å²) in [5, 5.41) is 9.43. The molecule has 0 aliphatic heterocycles. The minimum Gasteiger partial charge on any atom is -0.496 e. The molecule has 172 valence electrons. The average molecular weight is 448 g/mol. The number of aliphatic hydroxyl groups is 1. The SMILES string of the molecule is C\C=C(/C=N/C(=C/CCC)CO)Cc1ccc(OC)c(-c2ccnc(OC(F)F)c2)c1F. The summed E-state index contributed by atoms with van der Waals surface area (Å²) in [4.78, 5) is 8.03. The first-order valence-electron chi connectivity index (χ1n) is 10.2. The minimum absolute atomic E-state index is 0.123. The number of nitrogens with zero attached hydrogens (tertiary/aromatic N) is 2. The highest BCUT2D eigenvalue weighted by atomic mass is 19.3. The molecule has 32 heavy (non-hydrogen) atoms. The number of unbranched alkanes of at least 4 members (excludes halogenated alkanes) is 1. The third-order valence-corrected chi connectivity index (χ3v) is 4.63. The molecule has 5 nitrogen and oxygen atoms in total. The van der Waals surface area contributed by atoms with Gasteiger partial charge in [0.15, 0.2) is 0 Å². The highest BCUT2D eigenvalue weighted by Crippen LogP contribution is 2.36. The average Bonchev–Trinajstić information content (AvgIpc) is 2.78. The molecule has 2 rings (SSSR count). The zero-order valence-corrected chi connectivity index (χ0v) is 18.3. The van der Waals surface area contributed by atoms with Crippen molar-refractivity contribution >= 4 is 6.21 Å². The van der Waals surface area contributed by atoms with E-state index in [1.807, 2.05) is 26.0 Å². The first-order chi connectivity index (χ1) is 15.4. The monoisotopic (exact) mass is 448 g/mol. The number of aromatic nitrogens is 1. The number of allylic oxidation sites excluding steroid dienone is 3. The lowest BCUT2D eigenvalue weighted by Crippen LogP contribution is -2.04.